The van der Waals surface area contributed by atoms with Gasteiger partial charge >= 0.3 is 6.09 Å². The number of hydrogen-bond acceptors (Lipinski definition) is 5. The Kier molecular flexibility index (Phi) is 5.15. The molecule has 140 valence electrons. The lowest BCUT2D eigenvalue weighted by Crippen LogP contribution is -2.53. The molecule has 0 aromatic carbocycles. The van der Waals surface area contributed by atoms with E-state index in [0.717, 1.165) is 25.9 Å². The van der Waals surface area contributed by atoms with Gasteiger partial charge in [-0.1, -0.05) is 0 Å². The molecular weight excluding hydrogens is 338 g/mol. The number of ether oxygens (including phenoxy) is 3. The van der Waals surface area contributed by atoms with Crippen LogP contribution in [-0.4, -0.2) is 42.9 Å². The first kappa shape index (κ1) is 18.7. The van der Waals surface area contributed by atoms with E-state index in [-0.39, 0.29) is 17.7 Å². The Morgan fingerprint density at radius 1 is 1.48 bits per heavy atom. The fraction of sp³-hybridized carbons (Fsp3) is 0.737. The molecule has 0 bridgehead atoms. The molecule has 0 saturated carbocycles. The summed E-state index contributed by atoms with van der Waals surface area (Å²) in [4.78, 5) is 16.9. The van der Waals surface area contributed by atoms with Gasteiger partial charge in [-0.2, -0.15) is 0 Å². The minimum atomic E-state index is -0.469. The van der Waals surface area contributed by atoms with Gasteiger partial charge in [0, 0.05) is 35.9 Å². The highest BCUT2D eigenvalue weighted by atomic mass is 32.1. The number of carbonyl (C=O) groups is 1. The van der Waals surface area contributed by atoms with Crippen LogP contribution < -0.4 is 0 Å². The molecule has 5 nitrogen and oxygen atoms in total. The van der Waals surface area contributed by atoms with E-state index in [2.05, 4.69) is 13.0 Å². The maximum absolute atomic E-state index is 12.5. The third-order valence-electron chi connectivity index (χ3n) is 4.85. The van der Waals surface area contributed by atoms with Crippen LogP contribution in [0.5, 0.6) is 0 Å². The minimum Gasteiger partial charge on any atom is -0.444 e. The smallest absolute Gasteiger partial charge is 0.410 e. The maximum Gasteiger partial charge on any atom is 0.410 e. The number of hydrogen-bond donors (Lipinski definition) is 0. The van der Waals surface area contributed by atoms with Crippen LogP contribution in [0.15, 0.2) is 6.07 Å². The van der Waals surface area contributed by atoms with Crippen molar-refractivity contribution in [3.63, 3.8) is 0 Å². The molecular formula is C19H29NO4S. The molecule has 1 amide bonds. The van der Waals surface area contributed by atoms with Crippen molar-refractivity contribution in [3.8, 4) is 0 Å². The molecule has 0 radical (unpaired) electrons. The van der Waals surface area contributed by atoms with Crippen molar-refractivity contribution < 1.29 is 19.0 Å². The van der Waals surface area contributed by atoms with Gasteiger partial charge in [-0.15, -0.1) is 11.3 Å². The zero-order valence-corrected chi connectivity index (χ0v) is 16.7. The Hall–Kier alpha value is -1.11. The summed E-state index contributed by atoms with van der Waals surface area (Å²) in [6, 6.07) is 2.35. The van der Waals surface area contributed by atoms with Gasteiger partial charge in [0.15, 0.2) is 0 Å². The molecule has 2 atom stereocenters. The molecule has 2 aliphatic heterocycles. The normalized spacial score (nSPS) is 26.6. The summed E-state index contributed by atoms with van der Waals surface area (Å²) in [6.45, 7) is 9.85. The highest BCUT2D eigenvalue weighted by Crippen LogP contribution is 2.47. The molecule has 3 heterocycles. The van der Waals surface area contributed by atoms with Gasteiger partial charge in [0.1, 0.15) is 11.2 Å². The van der Waals surface area contributed by atoms with Crippen LogP contribution >= 0.6 is 11.3 Å². The number of thiophene rings is 1. The van der Waals surface area contributed by atoms with Crippen LogP contribution in [0.25, 0.3) is 0 Å². The van der Waals surface area contributed by atoms with Crippen molar-refractivity contribution >= 4 is 17.4 Å². The van der Waals surface area contributed by atoms with E-state index in [1.807, 2.05) is 25.7 Å². The first-order valence-electron chi connectivity index (χ1n) is 8.99. The van der Waals surface area contributed by atoms with Crippen LogP contribution in [-0.2, 0) is 32.8 Å². The summed E-state index contributed by atoms with van der Waals surface area (Å²) in [5, 5.41) is 0. The number of nitrogens with zero attached hydrogens (tertiary/aromatic N) is 1. The number of methoxy groups -OCH3 is 1. The molecule has 2 aliphatic rings. The van der Waals surface area contributed by atoms with Gasteiger partial charge < -0.3 is 19.1 Å². The predicted octanol–water partition coefficient (Wildman–Crippen LogP) is 4.08. The highest BCUT2D eigenvalue weighted by Gasteiger charge is 2.46. The van der Waals surface area contributed by atoms with Gasteiger partial charge in [0.05, 0.1) is 13.2 Å². The Labute approximate surface area is 154 Å². The van der Waals surface area contributed by atoms with Crippen LogP contribution in [0.1, 0.15) is 55.9 Å². The molecule has 1 fully saturated rings. The Morgan fingerprint density at radius 3 is 2.88 bits per heavy atom. The van der Waals surface area contributed by atoms with E-state index in [9.17, 15) is 4.79 Å². The van der Waals surface area contributed by atoms with Crippen molar-refractivity contribution in [2.45, 2.75) is 70.8 Å². The summed E-state index contributed by atoms with van der Waals surface area (Å²) < 4.78 is 17.2. The zero-order chi connectivity index (χ0) is 18.2. The Morgan fingerprint density at radius 2 is 2.24 bits per heavy atom. The minimum absolute atomic E-state index is 0.0857. The van der Waals surface area contributed by atoms with Crippen LogP contribution in [0.2, 0.25) is 0 Å². The quantitative estimate of drug-likeness (QED) is 0.790. The highest BCUT2D eigenvalue weighted by molar-refractivity contribution is 7.12. The maximum atomic E-state index is 12.5. The first-order chi connectivity index (χ1) is 11.7. The van der Waals surface area contributed by atoms with Gasteiger partial charge in [-0.3, -0.25) is 0 Å². The van der Waals surface area contributed by atoms with Crippen LogP contribution in [0, 0.1) is 0 Å². The van der Waals surface area contributed by atoms with Crippen molar-refractivity contribution in [1.29, 1.82) is 0 Å². The number of piperidine rings is 1. The second kappa shape index (κ2) is 6.89. The van der Waals surface area contributed by atoms with E-state index in [1.165, 1.54) is 15.3 Å². The fourth-order valence-electron chi connectivity index (χ4n) is 3.83. The topological polar surface area (TPSA) is 48.0 Å². The molecule has 1 aromatic heterocycles. The van der Waals surface area contributed by atoms with Crippen molar-refractivity contribution in [2.75, 3.05) is 20.3 Å². The first-order valence-corrected chi connectivity index (χ1v) is 9.80. The van der Waals surface area contributed by atoms with Gasteiger partial charge in [-0.25, -0.2) is 4.79 Å². The lowest BCUT2D eigenvalue weighted by Gasteiger charge is -2.46. The molecule has 3 rings (SSSR count). The van der Waals surface area contributed by atoms with Crippen molar-refractivity contribution in [2.24, 2.45) is 0 Å². The molecule has 1 saturated heterocycles. The molecule has 0 unspecified atom stereocenters. The number of rotatable bonds is 2. The molecule has 1 aromatic rings. The Bertz CT molecular complexity index is 636. The van der Waals surface area contributed by atoms with Crippen molar-refractivity contribution in [1.82, 2.24) is 4.90 Å². The number of fused-ring (bicyclic) bond motifs is 2. The van der Waals surface area contributed by atoms with Crippen molar-refractivity contribution in [3.05, 3.63) is 21.4 Å². The number of carbonyl (C=O) groups excluding carboxylic acids is 1. The number of likely N-dealkylation sites (tertiary alicyclic amines) is 1. The van der Waals surface area contributed by atoms with E-state index < -0.39 is 5.60 Å². The number of amides is 1. The summed E-state index contributed by atoms with van der Waals surface area (Å²) in [5.74, 6) is 0. The standard InChI is InChI=1S/C19H29NO4S/c1-13-11-19(7-8-20(13)17(21)24-18(2,3)4)16-14(6-9-23-19)10-15(25-16)12-22-5/h10,13H,6-9,11-12H2,1-5H3/t13-,19+/m0/s1. The summed E-state index contributed by atoms with van der Waals surface area (Å²) in [7, 11) is 1.73. The van der Waals surface area contributed by atoms with E-state index >= 15 is 0 Å². The zero-order valence-electron chi connectivity index (χ0n) is 15.9. The average Bonchev–Trinajstić information content (AvgIpc) is 2.90. The van der Waals surface area contributed by atoms with Crippen LogP contribution in [0.4, 0.5) is 4.79 Å². The lowest BCUT2D eigenvalue weighted by atomic mass is 9.82. The van der Waals surface area contributed by atoms with Gasteiger partial charge in [0.25, 0.3) is 0 Å². The SMILES string of the molecule is COCc1cc2c(s1)[C@]1(CCN(C(=O)OC(C)(C)C)[C@@H](C)C1)OCC2. The van der Waals surface area contributed by atoms with E-state index in [0.29, 0.717) is 13.2 Å². The van der Waals surface area contributed by atoms with E-state index in [1.54, 1.807) is 18.4 Å². The van der Waals surface area contributed by atoms with Gasteiger partial charge in [0.2, 0.25) is 0 Å². The molecule has 25 heavy (non-hydrogen) atoms. The predicted molar refractivity (Wildman–Crippen MR) is 98.0 cm³/mol. The fourth-order valence-corrected chi connectivity index (χ4v) is 5.20. The second-order valence-electron chi connectivity index (χ2n) is 8.07. The molecule has 0 N–H and O–H groups in total. The second-order valence-corrected chi connectivity index (χ2v) is 9.21. The van der Waals surface area contributed by atoms with E-state index in [4.69, 9.17) is 14.2 Å². The van der Waals surface area contributed by atoms with Gasteiger partial charge in [-0.05, 0) is 52.2 Å². The molecule has 1 spiro atoms. The third kappa shape index (κ3) is 3.86. The van der Waals surface area contributed by atoms with Crippen LogP contribution in [0.3, 0.4) is 0 Å². The Balaban J connectivity index is 1.78. The summed E-state index contributed by atoms with van der Waals surface area (Å²) in [5.41, 5.74) is 0.659. The monoisotopic (exact) mass is 367 g/mol. The summed E-state index contributed by atoms with van der Waals surface area (Å²) >= 11 is 1.80. The molecule has 0 aliphatic carbocycles. The average molecular weight is 368 g/mol. The lowest BCUT2D eigenvalue weighted by molar-refractivity contribution is -0.108. The summed E-state index contributed by atoms with van der Waals surface area (Å²) in [6.07, 6.45) is 2.36. The largest absolute Gasteiger partial charge is 0.444 e. The molecule has 6 heteroatoms. The third-order valence-corrected chi connectivity index (χ3v) is 6.19.